The third kappa shape index (κ3) is 7.31. The molecule has 1 aromatic heterocycles. The zero-order valence-corrected chi connectivity index (χ0v) is 24.0. The standard InChI is InChI=1S/C33H40F3N3/c1-10-13-39(21(2)3)19-26-16-30-24(6)27(18-28-15-22(4)14-23(5)37-28)11-12-29(30)31(17-26)32(20-38(8)9)25(7)33(34,35)36/h10,13-17,20,27H,2,6-7,11-12,18-19H2,1,3-5,8-9H3/b13-10-,32-20+. The van der Waals surface area contributed by atoms with Crippen molar-refractivity contribution in [3.05, 3.63) is 113 Å². The van der Waals surface area contributed by atoms with Crippen LogP contribution >= 0.6 is 0 Å². The second kappa shape index (κ2) is 12.1. The van der Waals surface area contributed by atoms with E-state index in [9.17, 15) is 13.2 Å². The largest absolute Gasteiger partial charge is 0.416 e. The molecule has 3 rings (SSSR count). The van der Waals surface area contributed by atoms with Crippen molar-refractivity contribution in [2.45, 2.75) is 59.7 Å². The molecule has 208 valence electrons. The lowest BCUT2D eigenvalue weighted by Crippen LogP contribution is -2.21. The van der Waals surface area contributed by atoms with Gasteiger partial charge in [0.25, 0.3) is 0 Å². The average Bonchev–Trinajstić information content (AvgIpc) is 2.82. The van der Waals surface area contributed by atoms with Crippen LogP contribution in [-0.4, -0.2) is 35.1 Å². The lowest BCUT2D eigenvalue weighted by Gasteiger charge is -2.32. The van der Waals surface area contributed by atoms with Crippen molar-refractivity contribution >= 4 is 11.1 Å². The van der Waals surface area contributed by atoms with E-state index < -0.39 is 11.7 Å². The Morgan fingerprint density at radius 3 is 2.38 bits per heavy atom. The molecule has 1 aliphatic rings. The summed E-state index contributed by atoms with van der Waals surface area (Å²) in [5.74, 6) is 0.147. The number of pyridine rings is 1. The average molecular weight is 536 g/mol. The van der Waals surface area contributed by atoms with Gasteiger partial charge in [0.1, 0.15) is 0 Å². The maximum Gasteiger partial charge on any atom is 0.416 e. The molecule has 1 unspecified atom stereocenters. The van der Waals surface area contributed by atoms with Crippen LogP contribution in [0.5, 0.6) is 0 Å². The Bertz CT molecular complexity index is 1310. The molecule has 0 amide bonds. The monoisotopic (exact) mass is 535 g/mol. The maximum absolute atomic E-state index is 14.0. The molecular weight excluding hydrogens is 495 g/mol. The number of hydrogen-bond donors (Lipinski definition) is 0. The minimum Gasteiger partial charge on any atom is -0.383 e. The molecule has 0 N–H and O–H groups in total. The van der Waals surface area contributed by atoms with Gasteiger partial charge in [-0.1, -0.05) is 25.8 Å². The van der Waals surface area contributed by atoms with Crippen LogP contribution in [0, 0.1) is 19.8 Å². The number of aryl methyl sites for hydroxylation is 2. The fraction of sp³-hybridized carbons (Fsp3) is 0.364. The summed E-state index contributed by atoms with van der Waals surface area (Å²) in [4.78, 5) is 8.35. The van der Waals surface area contributed by atoms with Crippen LogP contribution in [0.15, 0.2) is 73.7 Å². The summed E-state index contributed by atoms with van der Waals surface area (Å²) >= 11 is 0. The first-order valence-corrected chi connectivity index (χ1v) is 13.2. The molecule has 1 aromatic carbocycles. The molecule has 1 atom stereocenters. The summed E-state index contributed by atoms with van der Waals surface area (Å²) in [6.45, 7) is 20.4. The molecule has 39 heavy (non-hydrogen) atoms. The Hall–Kier alpha value is -3.54. The molecule has 0 saturated heterocycles. The highest BCUT2D eigenvalue weighted by molar-refractivity contribution is 5.85. The van der Waals surface area contributed by atoms with Crippen LogP contribution in [0.25, 0.3) is 11.1 Å². The molecule has 0 saturated carbocycles. The predicted molar refractivity (Wildman–Crippen MR) is 157 cm³/mol. The quantitative estimate of drug-likeness (QED) is 0.301. The Morgan fingerprint density at radius 1 is 1.13 bits per heavy atom. The molecule has 6 heteroatoms. The Kier molecular flexibility index (Phi) is 9.31. The maximum atomic E-state index is 14.0. The van der Waals surface area contributed by atoms with Crippen molar-refractivity contribution in [1.29, 1.82) is 0 Å². The van der Waals surface area contributed by atoms with E-state index in [1.54, 1.807) is 19.0 Å². The number of rotatable bonds is 9. The zero-order valence-electron chi connectivity index (χ0n) is 24.0. The fourth-order valence-electron chi connectivity index (χ4n) is 5.25. The molecule has 2 aromatic rings. The minimum absolute atomic E-state index is 0.0840. The van der Waals surface area contributed by atoms with E-state index in [1.165, 1.54) is 6.20 Å². The second-order valence-electron chi connectivity index (χ2n) is 10.7. The summed E-state index contributed by atoms with van der Waals surface area (Å²) in [7, 11) is 3.45. The van der Waals surface area contributed by atoms with Crippen LogP contribution in [0.3, 0.4) is 0 Å². The van der Waals surface area contributed by atoms with Gasteiger partial charge in [0.2, 0.25) is 0 Å². The van der Waals surface area contributed by atoms with Crippen LogP contribution in [-0.2, 0) is 19.4 Å². The van der Waals surface area contributed by atoms with Crippen LogP contribution < -0.4 is 0 Å². The van der Waals surface area contributed by atoms with Crippen LogP contribution in [0.1, 0.15) is 59.5 Å². The minimum atomic E-state index is -4.55. The van der Waals surface area contributed by atoms with Gasteiger partial charge in [-0.3, -0.25) is 4.98 Å². The van der Waals surface area contributed by atoms with Crippen molar-refractivity contribution in [3.8, 4) is 0 Å². The zero-order chi connectivity index (χ0) is 29.1. The van der Waals surface area contributed by atoms with Gasteiger partial charge in [-0.15, -0.1) is 0 Å². The molecule has 3 nitrogen and oxygen atoms in total. The van der Waals surface area contributed by atoms with E-state index in [0.29, 0.717) is 18.5 Å². The first-order valence-electron chi connectivity index (χ1n) is 13.2. The Labute approximate surface area is 231 Å². The molecule has 0 spiro atoms. The van der Waals surface area contributed by atoms with Crippen molar-refractivity contribution in [3.63, 3.8) is 0 Å². The first kappa shape index (κ1) is 30.0. The van der Waals surface area contributed by atoms with Crippen LogP contribution in [0.2, 0.25) is 0 Å². The third-order valence-corrected chi connectivity index (χ3v) is 7.01. The molecule has 0 bridgehead atoms. The van der Waals surface area contributed by atoms with Crippen molar-refractivity contribution in [2.75, 3.05) is 14.1 Å². The van der Waals surface area contributed by atoms with Gasteiger partial charge in [0, 0.05) is 49.5 Å². The molecule has 1 heterocycles. The number of hydrogen-bond acceptors (Lipinski definition) is 3. The third-order valence-electron chi connectivity index (χ3n) is 7.01. The molecule has 0 aliphatic heterocycles. The van der Waals surface area contributed by atoms with Gasteiger partial charge in [-0.25, -0.2) is 0 Å². The summed E-state index contributed by atoms with van der Waals surface area (Å²) in [5.41, 5.74) is 7.42. The van der Waals surface area contributed by atoms with E-state index in [4.69, 9.17) is 4.98 Å². The van der Waals surface area contributed by atoms with E-state index in [0.717, 1.165) is 57.8 Å². The summed E-state index contributed by atoms with van der Waals surface area (Å²) in [5, 5.41) is 0. The van der Waals surface area contributed by atoms with Gasteiger partial charge in [-0.05, 0) is 117 Å². The SMILES string of the molecule is C=C1c2cc(CN(/C=C\C)C(=C)C)cc(/C(=C/N(C)C)C(=C)C(F)(F)F)c2CCC1Cc1cc(C)cc(C)n1. The number of allylic oxidation sites excluding steroid dienone is 5. The lowest BCUT2D eigenvalue weighted by molar-refractivity contribution is -0.0867. The van der Waals surface area contributed by atoms with Gasteiger partial charge in [-0.2, -0.15) is 13.2 Å². The summed E-state index contributed by atoms with van der Waals surface area (Å²) in [6.07, 6.45) is 2.99. The number of halogens is 3. The highest BCUT2D eigenvalue weighted by atomic mass is 19.4. The molecule has 0 fully saturated rings. The van der Waals surface area contributed by atoms with E-state index >= 15 is 0 Å². The van der Waals surface area contributed by atoms with Gasteiger partial charge >= 0.3 is 6.18 Å². The van der Waals surface area contributed by atoms with E-state index in [2.05, 4.69) is 44.9 Å². The number of aromatic nitrogens is 1. The fourth-order valence-corrected chi connectivity index (χ4v) is 5.25. The highest BCUT2D eigenvalue weighted by Crippen LogP contribution is 2.44. The summed E-state index contributed by atoms with van der Waals surface area (Å²) < 4.78 is 42.1. The Morgan fingerprint density at radius 2 is 1.82 bits per heavy atom. The lowest BCUT2D eigenvalue weighted by atomic mass is 9.74. The molecular formula is C33H40F3N3. The van der Waals surface area contributed by atoms with Crippen LogP contribution in [0.4, 0.5) is 13.2 Å². The highest BCUT2D eigenvalue weighted by Gasteiger charge is 2.37. The van der Waals surface area contributed by atoms with Crippen molar-refractivity contribution < 1.29 is 13.2 Å². The van der Waals surface area contributed by atoms with Crippen molar-refractivity contribution in [1.82, 2.24) is 14.8 Å². The van der Waals surface area contributed by atoms with Gasteiger partial charge < -0.3 is 9.80 Å². The Balaban J connectivity index is 2.18. The molecule has 0 radical (unpaired) electrons. The van der Waals surface area contributed by atoms with Gasteiger partial charge in [0.05, 0.1) is 5.57 Å². The van der Waals surface area contributed by atoms with E-state index in [-0.39, 0.29) is 11.5 Å². The van der Waals surface area contributed by atoms with Crippen molar-refractivity contribution in [2.24, 2.45) is 5.92 Å². The summed E-state index contributed by atoms with van der Waals surface area (Å²) in [6, 6.07) is 8.12. The normalized spacial score (nSPS) is 15.9. The predicted octanol–water partition coefficient (Wildman–Crippen LogP) is 8.41. The number of benzene rings is 1. The number of nitrogens with zero attached hydrogens (tertiary/aromatic N) is 3. The number of fused-ring (bicyclic) bond motifs is 1. The van der Waals surface area contributed by atoms with E-state index in [1.807, 2.05) is 44.0 Å². The first-order chi connectivity index (χ1) is 18.2. The van der Waals surface area contributed by atoms with Gasteiger partial charge in [0.15, 0.2) is 0 Å². The molecule has 1 aliphatic carbocycles. The second-order valence-corrected chi connectivity index (χ2v) is 10.7. The number of alkyl halides is 3. The topological polar surface area (TPSA) is 19.4 Å². The smallest absolute Gasteiger partial charge is 0.383 e.